The summed E-state index contributed by atoms with van der Waals surface area (Å²) in [5.41, 5.74) is 4.63. The van der Waals surface area contributed by atoms with Gasteiger partial charge in [0.05, 0.1) is 17.1 Å². The molecular formula is C22H22ClN3O2S. The number of nitrogens with one attached hydrogen (secondary N) is 1. The number of aryl methyl sites for hydroxylation is 1. The molecule has 1 amide bonds. The molecule has 4 rings (SSSR count). The van der Waals surface area contributed by atoms with Crippen molar-refractivity contribution in [3.8, 4) is 17.0 Å². The molecule has 1 unspecified atom stereocenters. The van der Waals surface area contributed by atoms with Gasteiger partial charge in [-0.3, -0.25) is 4.79 Å². The van der Waals surface area contributed by atoms with Gasteiger partial charge in [0.15, 0.2) is 11.4 Å². The molecule has 0 radical (unpaired) electrons. The van der Waals surface area contributed by atoms with Crippen LogP contribution in [0.4, 0.5) is 11.4 Å². The summed E-state index contributed by atoms with van der Waals surface area (Å²) in [4.78, 5) is 17.5. The lowest BCUT2D eigenvalue weighted by Gasteiger charge is -2.20. The molecule has 1 atom stereocenters. The van der Waals surface area contributed by atoms with Crippen molar-refractivity contribution < 1.29 is 9.53 Å². The van der Waals surface area contributed by atoms with Gasteiger partial charge in [-0.05, 0) is 56.2 Å². The molecule has 0 aliphatic carbocycles. The van der Waals surface area contributed by atoms with Crippen LogP contribution in [0.1, 0.15) is 31.9 Å². The number of anilines is 1. The summed E-state index contributed by atoms with van der Waals surface area (Å²) in [6.07, 6.45) is 0.969. The smallest absolute Gasteiger partial charge is 0.262 e. The van der Waals surface area contributed by atoms with E-state index in [1.54, 1.807) is 11.3 Å². The van der Waals surface area contributed by atoms with Crippen LogP contribution in [0.15, 0.2) is 46.8 Å². The van der Waals surface area contributed by atoms with Crippen molar-refractivity contribution in [2.75, 3.05) is 11.9 Å². The molecule has 0 bridgehead atoms. The lowest BCUT2D eigenvalue weighted by molar-refractivity contribution is -0.118. The average Bonchev–Trinajstić information content (AvgIpc) is 3.13. The second-order valence-corrected chi connectivity index (χ2v) is 8.37. The molecule has 29 heavy (non-hydrogen) atoms. The van der Waals surface area contributed by atoms with Crippen LogP contribution in [0.25, 0.3) is 11.3 Å². The van der Waals surface area contributed by atoms with Crippen molar-refractivity contribution in [2.24, 2.45) is 4.99 Å². The van der Waals surface area contributed by atoms with Crippen molar-refractivity contribution >= 4 is 40.2 Å². The number of benzene rings is 2. The summed E-state index contributed by atoms with van der Waals surface area (Å²) in [6, 6.07) is 12.0. The lowest BCUT2D eigenvalue weighted by atomic mass is 10.1. The Labute approximate surface area is 178 Å². The van der Waals surface area contributed by atoms with Gasteiger partial charge in [0.25, 0.3) is 5.91 Å². The summed E-state index contributed by atoms with van der Waals surface area (Å²) in [5.74, 6) is 0.555. The molecule has 1 aliphatic heterocycles. The lowest BCUT2D eigenvalue weighted by Crippen LogP contribution is -2.25. The van der Waals surface area contributed by atoms with E-state index in [1.807, 2.05) is 43.3 Å². The van der Waals surface area contributed by atoms with Crippen LogP contribution < -0.4 is 14.9 Å². The van der Waals surface area contributed by atoms with Gasteiger partial charge in [0, 0.05) is 22.0 Å². The topological polar surface area (TPSA) is 55.6 Å². The predicted octanol–water partition coefficient (Wildman–Crippen LogP) is 5.71. The van der Waals surface area contributed by atoms with Crippen molar-refractivity contribution in [1.82, 2.24) is 4.57 Å². The summed E-state index contributed by atoms with van der Waals surface area (Å²) in [7, 11) is 0. The fraction of sp³-hybridized carbons (Fsp3) is 0.273. The van der Waals surface area contributed by atoms with Gasteiger partial charge < -0.3 is 14.6 Å². The second-order valence-electron chi connectivity index (χ2n) is 7.12. The Kier molecular flexibility index (Phi) is 5.48. The minimum Gasteiger partial charge on any atom is -0.482 e. The van der Waals surface area contributed by atoms with Gasteiger partial charge in [-0.25, -0.2) is 4.99 Å². The highest BCUT2D eigenvalue weighted by atomic mass is 35.5. The van der Waals surface area contributed by atoms with Crippen LogP contribution in [-0.2, 0) is 4.79 Å². The highest BCUT2D eigenvalue weighted by Crippen LogP contribution is 2.34. The Morgan fingerprint density at radius 3 is 2.90 bits per heavy atom. The van der Waals surface area contributed by atoms with Crippen molar-refractivity contribution in [1.29, 1.82) is 0 Å². The number of thiazole rings is 1. The van der Waals surface area contributed by atoms with Crippen molar-refractivity contribution in [3.05, 3.63) is 57.2 Å². The van der Waals surface area contributed by atoms with E-state index in [0.717, 1.165) is 33.7 Å². The molecular weight excluding hydrogens is 406 g/mol. The quantitative estimate of drug-likeness (QED) is 0.579. The van der Waals surface area contributed by atoms with Crippen LogP contribution in [0, 0.1) is 6.92 Å². The maximum Gasteiger partial charge on any atom is 0.262 e. The van der Waals surface area contributed by atoms with Gasteiger partial charge in [0.1, 0.15) is 5.75 Å². The molecule has 0 fully saturated rings. The third-order valence-electron chi connectivity index (χ3n) is 5.06. The summed E-state index contributed by atoms with van der Waals surface area (Å²) in [6.45, 7) is 6.38. The molecule has 1 aromatic heterocycles. The first-order valence-electron chi connectivity index (χ1n) is 9.54. The Hall–Kier alpha value is -2.57. The molecule has 0 saturated carbocycles. The van der Waals surface area contributed by atoms with E-state index in [2.05, 4.69) is 29.1 Å². The number of rotatable bonds is 4. The zero-order valence-electron chi connectivity index (χ0n) is 16.5. The highest BCUT2D eigenvalue weighted by Gasteiger charge is 2.19. The fourth-order valence-electron chi connectivity index (χ4n) is 3.23. The summed E-state index contributed by atoms with van der Waals surface area (Å²) >= 11 is 7.87. The maximum atomic E-state index is 11.7. The summed E-state index contributed by atoms with van der Waals surface area (Å²) in [5, 5.41) is 5.70. The number of ether oxygens (including phenoxy) is 1. The molecule has 2 heterocycles. The van der Waals surface area contributed by atoms with Crippen LogP contribution in [-0.4, -0.2) is 17.1 Å². The zero-order valence-corrected chi connectivity index (χ0v) is 18.1. The van der Waals surface area contributed by atoms with Gasteiger partial charge in [-0.15, -0.1) is 11.3 Å². The molecule has 3 aromatic rings. The first kappa shape index (κ1) is 19.7. The number of hydrogen-bond donors (Lipinski definition) is 1. The second kappa shape index (κ2) is 8.05. The first-order chi connectivity index (χ1) is 14.0. The molecule has 7 heteroatoms. The molecule has 1 N–H and O–H groups in total. The normalized spacial score (nSPS) is 14.9. The minimum atomic E-state index is -0.137. The Balaban J connectivity index is 1.83. The largest absolute Gasteiger partial charge is 0.482 e. The van der Waals surface area contributed by atoms with Crippen LogP contribution in [0.2, 0.25) is 5.02 Å². The molecule has 5 nitrogen and oxygen atoms in total. The third kappa shape index (κ3) is 3.95. The number of carbonyl (C=O) groups is 1. The fourth-order valence-corrected chi connectivity index (χ4v) is 4.42. The molecule has 2 aromatic carbocycles. The Morgan fingerprint density at radius 1 is 1.31 bits per heavy atom. The Bertz CT molecular complexity index is 1150. The predicted molar refractivity (Wildman–Crippen MR) is 118 cm³/mol. The first-order valence-corrected chi connectivity index (χ1v) is 10.8. The van der Waals surface area contributed by atoms with E-state index in [0.29, 0.717) is 16.5 Å². The van der Waals surface area contributed by atoms with E-state index in [9.17, 15) is 4.79 Å². The SMILES string of the molecule is CCC(C)n1c(-c2ccc3c(c2)NC(=O)CO3)csc1=Nc1ccc(C)c(Cl)c1. The van der Waals surface area contributed by atoms with Crippen molar-refractivity contribution in [3.63, 3.8) is 0 Å². The van der Waals surface area contributed by atoms with Crippen LogP contribution in [0.3, 0.4) is 0 Å². The van der Waals surface area contributed by atoms with E-state index in [-0.39, 0.29) is 18.6 Å². The monoisotopic (exact) mass is 427 g/mol. The highest BCUT2D eigenvalue weighted by molar-refractivity contribution is 7.07. The van der Waals surface area contributed by atoms with Gasteiger partial charge >= 0.3 is 0 Å². The van der Waals surface area contributed by atoms with E-state index >= 15 is 0 Å². The number of amides is 1. The standard InChI is InChI=1S/C22H22ClN3O2S/c1-4-14(3)26-19(15-6-8-20-18(9-15)25-21(27)11-28-20)12-29-22(26)24-16-7-5-13(2)17(23)10-16/h5-10,12,14H,4,11H2,1-3H3,(H,25,27). The van der Waals surface area contributed by atoms with E-state index < -0.39 is 0 Å². The van der Waals surface area contributed by atoms with E-state index in [4.69, 9.17) is 21.3 Å². The zero-order chi connectivity index (χ0) is 20.5. The number of halogens is 1. The van der Waals surface area contributed by atoms with Crippen molar-refractivity contribution in [2.45, 2.75) is 33.2 Å². The molecule has 150 valence electrons. The molecule has 0 spiro atoms. The number of aromatic nitrogens is 1. The molecule has 0 saturated heterocycles. The van der Waals surface area contributed by atoms with Crippen LogP contribution >= 0.6 is 22.9 Å². The maximum absolute atomic E-state index is 11.7. The average molecular weight is 428 g/mol. The number of nitrogens with zero attached hydrogens (tertiary/aromatic N) is 2. The number of hydrogen-bond acceptors (Lipinski definition) is 4. The molecule has 1 aliphatic rings. The van der Waals surface area contributed by atoms with Gasteiger partial charge in [-0.1, -0.05) is 24.6 Å². The number of carbonyl (C=O) groups excluding carboxylic acids is 1. The Morgan fingerprint density at radius 2 is 2.14 bits per heavy atom. The third-order valence-corrected chi connectivity index (χ3v) is 6.31. The summed E-state index contributed by atoms with van der Waals surface area (Å²) < 4.78 is 7.72. The minimum absolute atomic E-state index is 0.0554. The van der Waals surface area contributed by atoms with E-state index in [1.165, 1.54) is 0 Å². The van der Waals surface area contributed by atoms with Crippen LogP contribution in [0.5, 0.6) is 5.75 Å². The number of fused-ring (bicyclic) bond motifs is 1. The van der Waals surface area contributed by atoms with Gasteiger partial charge in [-0.2, -0.15) is 0 Å². The van der Waals surface area contributed by atoms with Gasteiger partial charge in [0.2, 0.25) is 0 Å².